The highest BCUT2D eigenvalue weighted by atomic mass is 32.2. The number of nitrogens with zero attached hydrogens (tertiary/aromatic N) is 6. The number of anilines is 1. The molecule has 0 aliphatic rings. The van der Waals surface area contributed by atoms with Gasteiger partial charge >= 0.3 is 0 Å². The molecule has 0 bridgehead atoms. The summed E-state index contributed by atoms with van der Waals surface area (Å²) in [5.74, 6) is 0.188. The fraction of sp³-hybridized carbons (Fsp3) is 0.292. The van der Waals surface area contributed by atoms with Crippen molar-refractivity contribution in [3.63, 3.8) is 0 Å². The lowest BCUT2D eigenvalue weighted by atomic mass is 10.2. The Morgan fingerprint density at radius 3 is 2.30 bits per heavy atom. The zero-order chi connectivity index (χ0) is 26.6. The quantitative estimate of drug-likeness (QED) is 0.315. The van der Waals surface area contributed by atoms with Crippen LogP contribution in [0.1, 0.15) is 30.1 Å². The second-order valence-corrected chi connectivity index (χ2v) is 9.85. The van der Waals surface area contributed by atoms with Crippen LogP contribution in [0.2, 0.25) is 0 Å². The molecule has 0 unspecified atom stereocenters. The predicted molar refractivity (Wildman–Crippen MR) is 136 cm³/mol. The van der Waals surface area contributed by atoms with E-state index in [1.165, 1.54) is 31.2 Å². The van der Waals surface area contributed by atoms with Crippen molar-refractivity contribution >= 4 is 16.0 Å². The summed E-state index contributed by atoms with van der Waals surface area (Å²) in [6.07, 6.45) is 2.23. The number of para-hydroxylation sites is 1. The zero-order valence-corrected chi connectivity index (χ0v) is 21.6. The molecular weight excluding hydrogens is 498 g/mol. The van der Waals surface area contributed by atoms with Crippen molar-refractivity contribution in [2.45, 2.75) is 26.4 Å². The summed E-state index contributed by atoms with van der Waals surface area (Å²) in [5, 5.41) is 18.8. The number of sulfonamides is 1. The molecule has 0 amide bonds. The largest absolute Gasteiger partial charge is 0.494 e. The summed E-state index contributed by atoms with van der Waals surface area (Å²) in [6, 6.07) is 10.6. The highest BCUT2D eigenvalue weighted by Crippen LogP contribution is 2.37. The smallest absolute Gasteiger partial charge is 0.243 e. The topological polar surface area (TPSA) is 154 Å². The van der Waals surface area contributed by atoms with E-state index in [0.29, 0.717) is 29.3 Å². The number of aryl methyl sites for hydroxylation is 2. The molecule has 0 aliphatic heterocycles. The van der Waals surface area contributed by atoms with Crippen LogP contribution < -0.4 is 14.2 Å². The van der Waals surface area contributed by atoms with Crippen LogP contribution in [-0.4, -0.2) is 63.2 Å². The molecule has 4 rings (SSSR count). The third-order valence-electron chi connectivity index (χ3n) is 5.41. The Morgan fingerprint density at radius 2 is 1.68 bits per heavy atom. The fourth-order valence-electron chi connectivity index (χ4n) is 3.62. The molecule has 3 heterocycles. The van der Waals surface area contributed by atoms with Crippen LogP contribution in [0.3, 0.4) is 0 Å². The maximum absolute atomic E-state index is 13.1. The van der Waals surface area contributed by atoms with E-state index in [-0.39, 0.29) is 17.6 Å². The van der Waals surface area contributed by atoms with Gasteiger partial charge in [0.05, 0.1) is 14.2 Å². The maximum atomic E-state index is 13.1. The first-order chi connectivity index (χ1) is 17.8. The minimum absolute atomic E-state index is 0.00916. The van der Waals surface area contributed by atoms with E-state index in [2.05, 4.69) is 29.9 Å². The summed E-state index contributed by atoms with van der Waals surface area (Å²) in [5.41, 5.74) is 2.45. The number of pyridine rings is 1. The monoisotopic (exact) mass is 525 g/mol. The van der Waals surface area contributed by atoms with Crippen molar-refractivity contribution < 1.29 is 23.0 Å². The van der Waals surface area contributed by atoms with E-state index in [4.69, 9.17) is 9.47 Å². The SMILES string of the molecule is CCc1cccc(-c2nnc(NS(=O)(=O)C[C@@H](O)c3ncc(C)cn3)n2-c2c(OC)cccc2OC)n1. The molecule has 0 saturated heterocycles. The van der Waals surface area contributed by atoms with Gasteiger partial charge in [-0.3, -0.25) is 9.29 Å². The average molecular weight is 526 g/mol. The molecule has 0 spiro atoms. The zero-order valence-electron chi connectivity index (χ0n) is 20.8. The van der Waals surface area contributed by atoms with E-state index in [1.807, 2.05) is 19.1 Å². The van der Waals surface area contributed by atoms with Crippen molar-refractivity contribution in [1.29, 1.82) is 0 Å². The van der Waals surface area contributed by atoms with Gasteiger partial charge < -0.3 is 14.6 Å². The number of methoxy groups -OCH3 is 2. The molecule has 37 heavy (non-hydrogen) atoms. The molecule has 194 valence electrons. The lowest BCUT2D eigenvalue weighted by Gasteiger charge is -2.18. The Hall–Kier alpha value is -4.10. The fourth-order valence-corrected chi connectivity index (χ4v) is 4.68. The van der Waals surface area contributed by atoms with Gasteiger partial charge in [0.1, 0.15) is 34.7 Å². The first-order valence-electron chi connectivity index (χ1n) is 11.4. The third kappa shape index (κ3) is 5.67. The number of aliphatic hydroxyl groups is 1. The van der Waals surface area contributed by atoms with Gasteiger partial charge in [-0.2, -0.15) is 0 Å². The van der Waals surface area contributed by atoms with Crippen molar-refractivity contribution in [2.24, 2.45) is 0 Å². The van der Waals surface area contributed by atoms with Gasteiger partial charge in [-0.15, -0.1) is 10.2 Å². The molecule has 0 aliphatic carbocycles. The number of ether oxygens (including phenoxy) is 2. The number of hydrogen-bond donors (Lipinski definition) is 2. The second kappa shape index (κ2) is 10.9. The molecule has 4 aromatic rings. The molecule has 13 heteroatoms. The summed E-state index contributed by atoms with van der Waals surface area (Å²) < 4.78 is 41.2. The van der Waals surface area contributed by atoms with E-state index in [1.54, 1.807) is 31.2 Å². The van der Waals surface area contributed by atoms with Crippen LogP contribution in [0, 0.1) is 6.92 Å². The van der Waals surface area contributed by atoms with Gasteiger partial charge in [0, 0.05) is 18.1 Å². The molecule has 12 nitrogen and oxygen atoms in total. The van der Waals surface area contributed by atoms with Gasteiger partial charge in [0.25, 0.3) is 0 Å². The second-order valence-electron chi connectivity index (χ2n) is 8.08. The molecular formula is C24H27N7O5S. The molecule has 3 aromatic heterocycles. The van der Waals surface area contributed by atoms with E-state index < -0.39 is 21.9 Å². The number of rotatable bonds is 10. The van der Waals surface area contributed by atoms with E-state index in [0.717, 1.165) is 11.3 Å². The number of nitrogens with one attached hydrogen (secondary N) is 1. The Bertz CT molecular complexity index is 1470. The standard InChI is InChI=1S/C24H27N7O5S/c1-5-16-8-6-9-17(27-16)23-28-29-24(31(23)21-19(35-3)10-7-11-20(21)36-4)30-37(33,34)14-18(32)22-25-12-15(2)13-26-22/h6-13,18,32H,5,14H2,1-4H3,(H,29,30)/t18-/m1/s1. The third-order valence-corrected chi connectivity index (χ3v) is 6.66. The first kappa shape index (κ1) is 26.0. The summed E-state index contributed by atoms with van der Waals surface area (Å²) in [7, 11) is -1.18. The number of benzene rings is 1. The van der Waals surface area contributed by atoms with Crippen LogP contribution in [-0.2, 0) is 16.4 Å². The molecule has 0 radical (unpaired) electrons. The minimum Gasteiger partial charge on any atom is -0.494 e. The number of aliphatic hydroxyl groups excluding tert-OH is 1. The molecule has 1 atom stereocenters. The highest BCUT2D eigenvalue weighted by molar-refractivity contribution is 7.92. The van der Waals surface area contributed by atoms with E-state index in [9.17, 15) is 13.5 Å². The van der Waals surface area contributed by atoms with Crippen LogP contribution >= 0.6 is 0 Å². The van der Waals surface area contributed by atoms with Gasteiger partial charge in [-0.1, -0.05) is 19.1 Å². The Balaban J connectivity index is 1.80. The minimum atomic E-state index is -4.15. The van der Waals surface area contributed by atoms with Crippen molar-refractivity contribution in [3.05, 3.63) is 65.9 Å². The van der Waals surface area contributed by atoms with Crippen LogP contribution in [0.15, 0.2) is 48.8 Å². The van der Waals surface area contributed by atoms with Gasteiger partial charge in [-0.25, -0.2) is 23.4 Å². The Labute approximate surface area is 214 Å². The van der Waals surface area contributed by atoms with Crippen molar-refractivity contribution in [3.8, 4) is 28.7 Å². The first-order valence-corrected chi connectivity index (χ1v) is 13.0. The summed E-state index contributed by atoms with van der Waals surface area (Å²) in [6.45, 7) is 3.76. The van der Waals surface area contributed by atoms with Crippen molar-refractivity contribution in [1.82, 2.24) is 29.7 Å². The number of hydrogen-bond acceptors (Lipinski definition) is 10. The summed E-state index contributed by atoms with van der Waals surface area (Å²) in [4.78, 5) is 12.6. The van der Waals surface area contributed by atoms with Crippen LogP contribution in [0.4, 0.5) is 5.95 Å². The molecule has 2 N–H and O–H groups in total. The van der Waals surface area contributed by atoms with Crippen molar-refractivity contribution in [2.75, 3.05) is 24.7 Å². The average Bonchev–Trinajstić information content (AvgIpc) is 3.30. The van der Waals surface area contributed by atoms with Crippen LogP contribution in [0.25, 0.3) is 17.2 Å². The van der Waals surface area contributed by atoms with Gasteiger partial charge in [0.15, 0.2) is 11.6 Å². The van der Waals surface area contributed by atoms with Gasteiger partial charge in [0.2, 0.25) is 16.0 Å². The van der Waals surface area contributed by atoms with E-state index >= 15 is 0 Å². The van der Waals surface area contributed by atoms with Crippen LogP contribution in [0.5, 0.6) is 11.5 Å². The van der Waals surface area contributed by atoms with Gasteiger partial charge in [-0.05, 0) is 43.2 Å². The lowest BCUT2D eigenvalue weighted by Crippen LogP contribution is -2.24. The maximum Gasteiger partial charge on any atom is 0.243 e. The summed E-state index contributed by atoms with van der Waals surface area (Å²) >= 11 is 0. The molecule has 0 saturated carbocycles. The Morgan fingerprint density at radius 1 is 1.03 bits per heavy atom. The Kier molecular flexibility index (Phi) is 7.64. The normalized spacial score (nSPS) is 12.2. The number of aromatic nitrogens is 6. The predicted octanol–water partition coefficient (Wildman–Crippen LogP) is 2.48. The lowest BCUT2D eigenvalue weighted by molar-refractivity contribution is 0.191. The highest BCUT2D eigenvalue weighted by Gasteiger charge is 2.27. The molecule has 1 aromatic carbocycles. The molecule has 0 fully saturated rings.